The lowest BCUT2D eigenvalue weighted by molar-refractivity contribution is -0.121. The highest BCUT2D eigenvalue weighted by molar-refractivity contribution is 5.90. The van der Waals surface area contributed by atoms with Crippen LogP contribution in [0, 0.1) is 0 Å². The average Bonchev–Trinajstić information content (AvgIpc) is 3.23. The second-order valence-electron chi connectivity index (χ2n) is 9.64. The van der Waals surface area contributed by atoms with Crippen molar-refractivity contribution in [3.8, 4) is 0 Å². The molecule has 1 aromatic carbocycles. The summed E-state index contributed by atoms with van der Waals surface area (Å²) in [6, 6.07) is 8.02. The first-order valence-electron chi connectivity index (χ1n) is 12.8. The Kier molecular flexibility index (Phi) is 8.87. The predicted molar refractivity (Wildman–Crippen MR) is 132 cm³/mol. The van der Waals surface area contributed by atoms with Crippen molar-refractivity contribution in [2.24, 2.45) is 0 Å². The van der Waals surface area contributed by atoms with Crippen LogP contribution >= 0.6 is 0 Å². The van der Waals surface area contributed by atoms with Crippen molar-refractivity contribution in [2.45, 2.75) is 70.3 Å². The highest BCUT2D eigenvalue weighted by Crippen LogP contribution is 2.34. The Morgan fingerprint density at radius 2 is 1.74 bits per heavy atom. The van der Waals surface area contributed by atoms with E-state index >= 15 is 0 Å². The quantitative estimate of drug-likeness (QED) is 0.527. The molecule has 2 aromatic rings. The molecule has 0 unspecified atom stereocenters. The first-order valence-corrected chi connectivity index (χ1v) is 12.8. The molecule has 1 saturated heterocycles. The van der Waals surface area contributed by atoms with Gasteiger partial charge in [0.25, 0.3) is 0 Å². The maximum atomic E-state index is 12.5. The lowest BCUT2D eigenvalue weighted by atomic mass is 9.89. The van der Waals surface area contributed by atoms with Gasteiger partial charge in [-0.3, -0.25) is 14.5 Å². The molecular weight excluding hydrogens is 446 g/mol. The van der Waals surface area contributed by atoms with Crippen molar-refractivity contribution < 1.29 is 18.8 Å². The van der Waals surface area contributed by atoms with Crippen LogP contribution in [0.25, 0.3) is 0 Å². The molecule has 2 fully saturated rings. The van der Waals surface area contributed by atoms with Gasteiger partial charge in [-0.05, 0) is 37.0 Å². The summed E-state index contributed by atoms with van der Waals surface area (Å²) in [5.74, 6) is 0.752. The maximum absolute atomic E-state index is 12.5. The van der Waals surface area contributed by atoms with Gasteiger partial charge in [0, 0.05) is 45.1 Å². The van der Waals surface area contributed by atoms with Crippen LogP contribution < -0.4 is 10.6 Å². The molecule has 35 heavy (non-hydrogen) atoms. The molecule has 4 rings (SSSR count). The molecule has 190 valence electrons. The topological polar surface area (TPSA) is 110 Å². The van der Waals surface area contributed by atoms with Gasteiger partial charge in [-0.25, -0.2) is 0 Å². The third-order valence-electron chi connectivity index (χ3n) is 6.89. The Hall–Kier alpha value is -2.78. The van der Waals surface area contributed by atoms with E-state index in [4.69, 9.17) is 9.26 Å². The maximum Gasteiger partial charge on any atom is 0.227 e. The Bertz CT molecular complexity index is 960. The van der Waals surface area contributed by atoms with Crippen molar-refractivity contribution in [3.05, 3.63) is 41.5 Å². The number of hydrogen-bond acceptors (Lipinski definition) is 7. The van der Waals surface area contributed by atoms with E-state index in [0.717, 1.165) is 83.5 Å². The molecule has 0 atom stereocenters. The van der Waals surface area contributed by atoms with Crippen molar-refractivity contribution in [2.75, 3.05) is 38.2 Å². The first-order chi connectivity index (χ1) is 17.0. The summed E-state index contributed by atoms with van der Waals surface area (Å²) in [6.07, 6.45) is 7.48. The summed E-state index contributed by atoms with van der Waals surface area (Å²) >= 11 is 0. The van der Waals surface area contributed by atoms with Crippen molar-refractivity contribution in [3.63, 3.8) is 0 Å². The normalized spacial score (nSPS) is 18.5. The van der Waals surface area contributed by atoms with Crippen LogP contribution in [0.15, 0.2) is 28.8 Å². The Morgan fingerprint density at radius 3 is 2.43 bits per heavy atom. The van der Waals surface area contributed by atoms with Gasteiger partial charge in [0.1, 0.15) is 5.54 Å². The van der Waals surface area contributed by atoms with E-state index in [9.17, 15) is 9.59 Å². The summed E-state index contributed by atoms with van der Waals surface area (Å²) in [5.41, 5.74) is 1.45. The fraction of sp³-hybridized carbons (Fsp3) is 0.615. The number of ether oxygens (including phenoxy) is 1. The van der Waals surface area contributed by atoms with E-state index in [1.165, 1.54) is 12.5 Å². The number of morpholine rings is 1. The molecule has 1 aliphatic carbocycles. The summed E-state index contributed by atoms with van der Waals surface area (Å²) in [5, 5.41) is 10.2. The number of nitrogens with zero attached hydrogens (tertiary/aromatic N) is 3. The highest BCUT2D eigenvalue weighted by Gasteiger charge is 2.38. The van der Waals surface area contributed by atoms with Gasteiger partial charge in [-0.1, -0.05) is 43.0 Å². The molecule has 2 heterocycles. The second kappa shape index (κ2) is 12.3. The summed E-state index contributed by atoms with van der Waals surface area (Å²) in [7, 11) is 0. The summed E-state index contributed by atoms with van der Waals surface area (Å²) < 4.78 is 10.8. The monoisotopic (exact) mass is 483 g/mol. The molecule has 2 N–H and O–H groups in total. The second-order valence-corrected chi connectivity index (χ2v) is 9.64. The van der Waals surface area contributed by atoms with Gasteiger partial charge >= 0.3 is 0 Å². The smallest absolute Gasteiger partial charge is 0.227 e. The predicted octanol–water partition coefficient (Wildman–Crippen LogP) is 3.20. The number of carbonyl (C=O) groups excluding carboxylic acids is 2. The third kappa shape index (κ3) is 7.35. The van der Waals surface area contributed by atoms with Crippen molar-refractivity contribution in [1.29, 1.82) is 0 Å². The molecule has 2 amide bonds. The molecule has 1 aromatic heterocycles. The molecule has 1 saturated carbocycles. The fourth-order valence-electron chi connectivity index (χ4n) is 4.94. The average molecular weight is 484 g/mol. The van der Waals surface area contributed by atoms with Gasteiger partial charge < -0.3 is 19.9 Å². The van der Waals surface area contributed by atoms with E-state index in [1.807, 2.05) is 12.1 Å². The van der Waals surface area contributed by atoms with Crippen LogP contribution in [-0.4, -0.2) is 59.7 Å². The van der Waals surface area contributed by atoms with E-state index in [2.05, 4.69) is 37.8 Å². The fourth-order valence-corrected chi connectivity index (χ4v) is 4.94. The molecule has 0 radical (unpaired) electrons. The van der Waals surface area contributed by atoms with Crippen LogP contribution in [0.3, 0.4) is 0 Å². The minimum absolute atomic E-state index is 0.0928. The number of anilines is 1. The van der Waals surface area contributed by atoms with E-state index in [0.29, 0.717) is 18.1 Å². The molecule has 0 spiro atoms. The number of hydrogen-bond donors (Lipinski definition) is 2. The Morgan fingerprint density at radius 1 is 1.03 bits per heavy atom. The van der Waals surface area contributed by atoms with Crippen LogP contribution in [-0.2, 0) is 32.7 Å². The number of benzene rings is 1. The number of carbonyl (C=O) groups is 2. The van der Waals surface area contributed by atoms with Gasteiger partial charge in [0.15, 0.2) is 5.82 Å². The van der Waals surface area contributed by atoms with E-state index in [-0.39, 0.29) is 18.2 Å². The van der Waals surface area contributed by atoms with Gasteiger partial charge in [0.2, 0.25) is 17.7 Å². The number of rotatable bonds is 9. The van der Waals surface area contributed by atoms with Crippen molar-refractivity contribution in [1.82, 2.24) is 20.4 Å². The summed E-state index contributed by atoms with van der Waals surface area (Å²) in [6.45, 7) is 6.14. The van der Waals surface area contributed by atoms with Crippen molar-refractivity contribution >= 4 is 17.5 Å². The summed E-state index contributed by atoms with van der Waals surface area (Å²) in [4.78, 5) is 31.3. The van der Waals surface area contributed by atoms with E-state index in [1.54, 1.807) is 0 Å². The zero-order chi connectivity index (χ0) is 24.5. The van der Waals surface area contributed by atoms with E-state index < -0.39 is 5.54 Å². The van der Waals surface area contributed by atoms with Crippen LogP contribution in [0.4, 0.5) is 5.69 Å². The molecule has 9 heteroatoms. The molecule has 1 aliphatic heterocycles. The zero-order valence-electron chi connectivity index (χ0n) is 20.7. The first kappa shape index (κ1) is 25.3. The van der Waals surface area contributed by atoms with Gasteiger partial charge in [-0.2, -0.15) is 4.98 Å². The number of nitrogens with one attached hydrogen (secondary N) is 2. The Labute approximate surface area is 207 Å². The van der Waals surface area contributed by atoms with Gasteiger partial charge in [0.05, 0.1) is 13.2 Å². The zero-order valence-corrected chi connectivity index (χ0v) is 20.7. The third-order valence-corrected chi connectivity index (χ3v) is 6.89. The van der Waals surface area contributed by atoms with Gasteiger partial charge in [-0.15, -0.1) is 0 Å². The van der Waals surface area contributed by atoms with Crippen LogP contribution in [0.1, 0.15) is 69.1 Å². The number of aromatic nitrogens is 2. The SMILES string of the molecule is CC(=O)NC1(c2noc(CCC(=O)Nc3ccc(CCN4CCOCC4)cc3)n2)CCCCCC1. The minimum atomic E-state index is -0.574. The molecule has 0 bridgehead atoms. The Balaban J connectivity index is 1.26. The molecular formula is C26H37N5O4. The lowest BCUT2D eigenvalue weighted by Crippen LogP contribution is -2.45. The standard InChI is InChI=1S/C26H37N5O4/c1-20(32)29-26(13-4-2-3-5-14-26)25-28-24(35-30-25)11-10-23(33)27-22-8-6-21(7-9-22)12-15-31-16-18-34-19-17-31/h6-9H,2-5,10-19H2,1H3,(H,27,33)(H,29,32). The van der Waals surface area contributed by atoms with Crippen LogP contribution in [0.5, 0.6) is 0 Å². The highest BCUT2D eigenvalue weighted by atomic mass is 16.5. The lowest BCUT2D eigenvalue weighted by Gasteiger charge is -2.30. The molecule has 2 aliphatic rings. The van der Waals surface area contributed by atoms with Crippen LogP contribution in [0.2, 0.25) is 0 Å². The minimum Gasteiger partial charge on any atom is -0.379 e. The number of amides is 2. The largest absolute Gasteiger partial charge is 0.379 e. The number of aryl methyl sites for hydroxylation is 1. The molecule has 9 nitrogen and oxygen atoms in total.